The lowest BCUT2D eigenvalue weighted by Gasteiger charge is -2.30. The van der Waals surface area contributed by atoms with Crippen molar-refractivity contribution in [3.8, 4) is 11.9 Å². The third-order valence-electron chi connectivity index (χ3n) is 4.67. The van der Waals surface area contributed by atoms with Gasteiger partial charge in [0.1, 0.15) is 11.6 Å². The lowest BCUT2D eigenvalue weighted by molar-refractivity contribution is 0.0926. The zero-order valence-electron chi connectivity index (χ0n) is 16.1. The highest BCUT2D eigenvalue weighted by Gasteiger charge is 2.23. The largest absolute Gasteiger partial charge is 0.481 e. The molecule has 1 aromatic carbocycles. The average Bonchev–Trinajstić information content (AvgIpc) is 2.71. The molecule has 158 valence electrons. The summed E-state index contributed by atoms with van der Waals surface area (Å²) in [5, 5.41) is 6.30. The van der Waals surface area contributed by atoms with Gasteiger partial charge >= 0.3 is 6.01 Å². The van der Waals surface area contributed by atoms with Crippen molar-refractivity contribution >= 4 is 35.7 Å². The minimum atomic E-state index is -0.539. The van der Waals surface area contributed by atoms with E-state index in [9.17, 15) is 9.18 Å². The van der Waals surface area contributed by atoms with Crippen LogP contribution >= 0.6 is 24.0 Å². The van der Waals surface area contributed by atoms with E-state index in [1.165, 1.54) is 32.4 Å². The third-order valence-corrected chi connectivity index (χ3v) is 4.96. The Bertz CT molecular complexity index is 826. The van der Waals surface area contributed by atoms with Crippen molar-refractivity contribution in [2.24, 2.45) is 0 Å². The van der Waals surface area contributed by atoms with Gasteiger partial charge in [-0.25, -0.2) is 4.39 Å². The molecular weight excluding hydrogens is 422 g/mol. The number of hydrogen-bond acceptors (Lipinski definition) is 6. The molecule has 0 radical (unpaired) electrons. The first-order valence-electron chi connectivity index (χ1n) is 8.98. The summed E-state index contributed by atoms with van der Waals surface area (Å²) in [6.07, 6.45) is 3.36. The van der Waals surface area contributed by atoms with Crippen molar-refractivity contribution in [3.63, 3.8) is 0 Å². The van der Waals surface area contributed by atoms with Crippen LogP contribution in [0, 0.1) is 5.82 Å². The molecule has 1 fully saturated rings. The average molecular weight is 445 g/mol. The van der Waals surface area contributed by atoms with Gasteiger partial charge in [0.05, 0.1) is 19.2 Å². The molecule has 3 rings (SSSR count). The van der Waals surface area contributed by atoms with Crippen molar-refractivity contribution in [3.05, 3.63) is 40.7 Å². The van der Waals surface area contributed by atoms with Crippen LogP contribution in [0.2, 0.25) is 5.02 Å². The van der Waals surface area contributed by atoms with Gasteiger partial charge in [0.25, 0.3) is 5.91 Å². The lowest BCUT2D eigenvalue weighted by Crippen LogP contribution is -2.40. The number of carbonyl (C=O) groups is 1. The number of benzene rings is 1. The molecule has 1 aliphatic carbocycles. The van der Waals surface area contributed by atoms with E-state index >= 15 is 0 Å². The molecule has 0 unspecified atom stereocenters. The number of nitrogens with one attached hydrogen (secondary N) is 2. The number of anilines is 1. The maximum atomic E-state index is 13.2. The second kappa shape index (κ2) is 10.5. The van der Waals surface area contributed by atoms with Crippen LogP contribution < -0.4 is 20.1 Å². The molecule has 0 bridgehead atoms. The van der Waals surface area contributed by atoms with Crippen LogP contribution in [0.4, 0.5) is 10.2 Å². The number of carbonyl (C=O) groups excluding carboxylic acids is 1. The maximum Gasteiger partial charge on any atom is 0.321 e. The summed E-state index contributed by atoms with van der Waals surface area (Å²) < 4.78 is 23.5. The normalized spacial score (nSPS) is 18.3. The van der Waals surface area contributed by atoms with Gasteiger partial charge < -0.3 is 20.1 Å². The summed E-state index contributed by atoms with van der Waals surface area (Å²) in [7, 11) is 3.04. The van der Waals surface area contributed by atoms with Gasteiger partial charge in [0.2, 0.25) is 5.88 Å². The van der Waals surface area contributed by atoms with E-state index in [1.54, 1.807) is 6.07 Å². The summed E-state index contributed by atoms with van der Waals surface area (Å²) in [5.41, 5.74) is 0.354. The SMILES string of the molecule is COc1cc(N[C@H]2CC[C@@H](NC(=O)c3ccc(F)c(Cl)c3)CC2)nc(OC)n1.Cl. The Morgan fingerprint density at radius 3 is 2.41 bits per heavy atom. The summed E-state index contributed by atoms with van der Waals surface area (Å²) in [6, 6.07) is 6.20. The van der Waals surface area contributed by atoms with Gasteiger partial charge in [-0.3, -0.25) is 4.79 Å². The molecular formula is C19H23Cl2FN4O3. The predicted molar refractivity (Wildman–Crippen MR) is 111 cm³/mol. The zero-order chi connectivity index (χ0) is 20.1. The van der Waals surface area contributed by atoms with Crippen LogP contribution in [0.5, 0.6) is 11.9 Å². The number of aromatic nitrogens is 2. The Balaban J connectivity index is 0.00000300. The van der Waals surface area contributed by atoms with Gasteiger partial charge in [0, 0.05) is 23.7 Å². The quantitative estimate of drug-likeness (QED) is 0.703. The Morgan fingerprint density at radius 2 is 1.79 bits per heavy atom. The molecule has 0 saturated heterocycles. The van der Waals surface area contributed by atoms with E-state index in [0.717, 1.165) is 25.7 Å². The molecule has 29 heavy (non-hydrogen) atoms. The zero-order valence-corrected chi connectivity index (χ0v) is 17.6. The van der Waals surface area contributed by atoms with E-state index in [0.29, 0.717) is 17.3 Å². The van der Waals surface area contributed by atoms with E-state index in [1.807, 2.05) is 0 Å². The van der Waals surface area contributed by atoms with Gasteiger partial charge in [-0.15, -0.1) is 12.4 Å². The summed E-state index contributed by atoms with van der Waals surface area (Å²) in [4.78, 5) is 20.7. The summed E-state index contributed by atoms with van der Waals surface area (Å²) in [5.74, 6) is 0.275. The first-order chi connectivity index (χ1) is 13.5. The summed E-state index contributed by atoms with van der Waals surface area (Å²) >= 11 is 5.75. The topological polar surface area (TPSA) is 85.4 Å². The fourth-order valence-electron chi connectivity index (χ4n) is 3.17. The molecule has 0 spiro atoms. The van der Waals surface area contributed by atoms with E-state index in [-0.39, 0.29) is 41.4 Å². The molecule has 2 N–H and O–H groups in total. The molecule has 7 nitrogen and oxygen atoms in total. The van der Waals surface area contributed by atoms with E-state index < -0.39 is 5.82 Å². The number of amides is 1. The van der Waals surface area contributed by atoms with Crippen molar-refractivity contribution in [1.29, 1.82) is 0 Å². The van der Waals surface area contributed by atoms with Gasteiger partial charge in [0.15, 0.2) is 0 Å². The lowest BCUT2D eigenvalue weighted by atomic mass is 9.91. The number of ether oxygens (including phenoxy) is 2. The Morgan fingerprint density at radius 1 is 1.10 bits per heavy atom. The molecule has 10 heteroatoms. The standard InChI is InChI=1S/C19H22ClFN4O3.ClH/c1-27-17-10-16(24-19(25-17)28-2)22-12-4-6-13(7-5-12)23-18(26)11-3-8-15(21)14(20)9-11;/h3,8-10,12-13H,4-7H2,1-2H3,(H,23,26)(H,22,24,25);1H/t12-,13+;. The molecule has 1 heterocycles. The highest BCUT2D eigenvalue weighted by Crippen LogP contribution is 2.24. The third kappa shape index (κ3) is 6.08. The number of hydrogen-bond donors (Lipinski definition) is 2. The van der Waals surface area contributed by atoms with Crippen molar-refractivity contribution in [2.45, 2.75) is 37.8 Å². The molecule has 0 atom stereocenters. The van der Waals surface area contributed by atoms with Crippen LogP contribution in [0.25, 0.3) is 0 Å². The highest BCUT2D eigenvalue weighted by atomic mass is 35.5. The molecule has 1 aromatic heterocycles. The minimum absolute atomic E-state index is 0. The van der Waals surface area contributed by atoms with Gasteiger partial charge in [-0.05, 0) is 43.9 Å². The Hall–Kier alpha value is -2.32. The maximum absolute atomic E-state index is 13.2. The molecule has 2 aromatic rings. The van der Waals surface area contributed by atoms with Crippen LogP contribution in [-0.2, 0) is 0 Å². The first kappa shape index (κ1) is 23.0. The van der Waals surface area contributed by atoms with Crippen molar-refractivity contribution in [2.75, 3.05) is 19.5 Å². The van der Waals surface area contributed by atoms with Gasteiger partial charge in [-0.1, -0.05) is 11.6 Å². The van der Waals surface area contributed by atoms with Crippen LogP contribution in [0.3, 0.4) is 0 Å². The molecule has 1 saturated carbocycles. The minimum Gasteiger partial charge on any atom is -0.481 e. The smallest absolute Gasteiger partial charge is 0.321 e. The highest BCUT2D eigenvalue weighted by molar-refractivity contribution is 6.31. The fraction of sp³-hybridized carbons (Fsp3) is 0.421. The van der Waals surface area contributed by atoms with E-state index in [2.05, 4.69) is 20.6 Å². The Labute approximate surface area is 179 Å². The number of rotatable bonds is 6. The van der Waals surface area contributed by atoms with Crippen molar-refractivity contribution in [1.82, 2.24) is 15.3 Å². The van der Waals surface area contributed by atoms with Crippen LogP contribution in [0.1, 0.15) is 36.0 Å². The van der Waals surface area contributed by atoms with E-state index in [4.69, 9.17) is 21.1 Å². The van der Waals surface area contributed by atoms with Crippen LogP contribution in [-0.4, -0.2) is 42.2 Å². The predicted octanol–water partition coefficient (Wildman–Crippen LogP) is 3.86. The van der Waals surface area contributed by atoms with Crippen LogP contribution in [0.15, 0.2) is 24.3 Å². The van der Waals surface area contributed by atoms with Crippen molar-refractivity contribution < 1.29 is 18.7 Å². The van der Waals surface area contributed by atoms with Gasteiger partial charge in [-0.2, -0.15) is 9.97 Å². The fourth-order valence-corrected chi connectivity index (χ4v) is 3.35. The second-order valence-corrected chi connectivity index (χ2v) is 6.98. The number of halogens is 3. The Kier molecular flexibility index (Phi) is 8.28. The number of methoxy groups -OCH3 is 2. The second-order valence-electron chi connectivity index (χ2n) is 6.58. The molecule has 1 amide bonds. The summed E-state index contributed by atoms with van der Waals surface area (Å²) in [6.45, 7) is 0. The molecule has 0 aliphatic heterocycles. The number of nitrogens with zero attached hydrogens (tertiary/aromatic N) is 2. The molecule has 1 aliphatic rings. The first-order valence-corrected chi connectivity index (χ1v) is 9.35. The monoisotopic (exact) mass is 444 g/mol.